The largest absolute Gasteiger partial charge is 0.323 e. The van der Waals surface area contributed by atoms with Crippen molar-refractivity contribution < 1.29 is 4.79 Å². The third-order valence-electron chi connectivity index (χ3n) is 4.80. The molecule has 6 heteroatoms. The van der Waals surface area contributed by atoms with Gasteiger partial charge in [-0.2, -0.15) is 0 Å². The zero-order valence-corrected chi connectivity index (χ0v) is 16.2. The van der Waals surface area contributed by atoms with Crippen LogP contribution in [0, 0.1) is 0 Å². The number of hydrogen-bond acceptors (Lipinski definition) is 3. The van der Waals surface area contributed by atoms with Crippen molar-refractivity contribution in [3.63, 3.8) is 0 Å². The molecule has 28 heavy (non-hydrogen) atoms. The van der Waals surface area contributed by atoms with Crippen LogP contribution in [0.1, 0.15) is 30.7 Å². The minimum Gasteiger partial charge on any atom is -0.323 e. The van der Waals surface area contributed by atoms with Crippen LogP contribution in [0.2, 0.25) is 5.02 Å². The van der Waals surface area contributed by atoms with E-state index < -0.39 is 0 Å². The number of nitrogens with zero attached hydrogens (tertiary/aromatic N) is 3. The van der Waals surface area contributed by atoms with E-state index in [0.717, 1.165) is 47.8 Å². The summed E-state index contributed by atoms with van der Waals surface area (Å²) in [7, 11) is 0. The van der Waals surface area contributed by atoms with Crippen LogP contribution in [0.15, 0.2) is 54.6 Å². The van der Waals surface area contributed by atoms with Crippen molar-refractivity contribution >= 4 is 29.3 Å². The Kier molecular flexibility index (Phi) is 5.53. The van der Waals surface area contributed by atoms with Gasteiger partial charge in [-0.1, -0.05) is 30.2 Å². The molecule has 2 heterocycles. The second-order valence-corrected chi connectivity index (χ2v) is 7.29. The summed E-state index contributed by atoms with van der Waals surface area (Å²) >= 11 is 5.95. The molecule has 0 saturated heterocycles. The van der Waals surface area contributed by atoms with Gasteiger partial charge in [0, 0.05) is 35.3 Å². The zero-order valence-electron chi connectivity index (χ0n) is 15.4. The Morgan fingerprint density at radius 2 is 1.93 bits per heavy atom. The minimum atomic E-state index is -0.191. The lowest BCUT2D eigenvalue weighted by molar-refractivity contribution is -0.111. The maximum absolute atomic E-state index is 12.2. The van der Waals surface area contributed by atoms with Gasteiger partial charge in [0.25, 0.3) is 0 Å². The number of fused-ring (bicyclic) bond motifs is 1. The van der Waals surface area contributed by atoms with Crippen LogP contribution >= 0.6 is 11.6 Å². The van der Waals surface area contributed by atoms with Crippen molar-refractivity contribution in [1.29, 1.82) is 0 Å². The minimum absolute atomic E-state index is 0.191. The standard InChI is InChI=1S/C22H21ClN4O/c23-18-6-4-5-16(15-18)8-13-21(28)24-19-11-9-17(10-12-19)22-26-25-20-7-2-1-3-14-27(20)22/h4-6,8-13,15H,1-3,7,14H2,(H,24,28). The van der Waals surface area contributed by atoms with Gasteiger partial charge in [-0.05, 0) is 60.9 Å². The molecule has 1 aromatic heterocycles. The lowest BCUT2D eigenvalue weighted by Crippen LogP contribution is -2.07. The van der Waals surface area contributed by atoms with Gasteiger partial charge < -0.3 is 9.88 Å². The lowest BCUT2D eigenvalue weighted by atomic mass is 10.2. The fraction of sp³-hybridized carbons (Fsp3) is 0.227. The number of benzene rings is 2. The number of anilines is 1. The summed E-state index contributed by atoms with van der Waals surface area (Å²) in [6, 6.07) is 15.1. The number of aromatic nitrogens is 3. The first-order valence-corrected chi connectivity index (χ1v) is 9.84. The molecular formula is C22H21ClN4O. The first-order valence-electron chi connectivity index (χ1n) is 9.46. The Balaban J connectivity index is 1.44. The molecule has 0 radical (unpaired) electrons. The number of halogens is 1. The second-order valence-electron chi connectivity index (χ2n) is 6.86. The summed E-state index contributed by atoms with van der Waals surface area (Å²) in [6.45, 7) is 0.963. The highest BCUT2D eigenvalue weighted by Gasteiger charge is 2.15. The molecule has 5 nitrogen and oxygen atoms in total. The fourth-order valence-corrected chi connectivity index (χ4v) is 3.57. The van der Waals surface area contributed by atoms with E-state index >= 15 is 0 Å². The number of carbonyl (C=O) groups is 1. The molecule has 142 valence electrons. The maximum atomic E-state index is 12.2. The van der Waals surface area contributed by atoms with Crippen LogP contribution in [0.5, 0.6) is 0 Å². The van der Waals surface area contributed by atoms with Gasteiger partial charge in [0.2, 0.25) is 5.91 Å². The van der Waals surface area contributed by atoms with E-state index in [4.69, 9.17) is 11.6 Å². The number of nitrogens with one attached hydrogen (secondary N) is 1. The van der Waals surface area contributed by atoms with Gasteiger partial charge in [-0.15, -0.1) is 10.2 Å². The Bertz CT molecular complexity index is 1010. The SMILES string of the molecule is O=C(C=Cc1cccc(Cl)c1)Nc1ccc(-c2nnc3n2CCCCC3)cc1. The predicted octanol–water partition coefficient (Wildman–Crippen LogP) is 4.98. The second kappa shape index (κ2) is 8.40. The first kappa shape index (κ1) is 18.4. The van der Waals surface area contributed by atoms with Gasteiger partial charge in [0.05, 0.1) is 0 Å². The maximum Gasteiger partial charge on any atom is 0.248 e. The third kappa shape index (κ3) is 4.31. The topological polar surface area (TPSA) is 59.8 Å². The van der Waals surface area contributed by atoms with Crippen LogP contribution in [0.3, 0.4) is 0 Å². The zero-order chi connectivity index (χ0) is 19.3. The summed E-state index contributed by atoms with van der Waals surface area (Å²) < 4.78 is 2.22. The van der Waals surface area contributed by atoms with Gasteiger partial charge in [0.1, 0.15) is 5.82 Å². The van der Waals surface area contributed by atoms with E-state index in [9.17, 15) is 4.79 Å². The van der Waals surface area contributed by atoms with E-state index in [1.807, 2.05) is 42.5 Å². The van der Waals surface area contributed by atoms with Gasteiger partial charge >= 0.3 is 0 Å². The van der Waals surface area contributed by atoms with E-state index in [1.165, 1.54) is 18.9 Å². The molecule has 0 aliphatic carbocycles. The summed E-state index contributed by atoms with van der Waals surface area (Å²) in [6.07, 6.45) is 7.78. The van der Waals surface area contributed by atoms with Gasteiger partial charge in [-0.25, -0.2) is 0 Å². The van der Waals surface area contributed by atoms with Crippen LogP contribution in [-0.4, -0.2) is 20.7 Å². The van der Waals surface area contributed by atoms with Crippen molar-refractivity contribution in [3.8, 4) is 11.4 Å². The Morgan fingerprint density at radius 1 is 1.07 bits per heavy atom. The summed E-state index contributed by atoms with van der Waals surface area (Å²) in [5.74, 6) is 1.77. The van der Waals surface area contributed by atoms with Gasteiger partial charge in [0.15, 0.2) is 5.82 Å². The molecule has 2 aromatic carbocycles. The Hall–Kier alpha value is -2.92. The molecule has 1 aliphatic heterocycles. The average Bonchev–Trinajstić information content (AvgIpc) is 2.95. The molecule has 0 saturated carbocycles. The average molecular weight is 393 g/mol. The van der Waals surface area contributed by atoms with E-state index in [1.54, 1.807) is 12.1 Å². The van der Waals surface area contributed by atoms with Gasteiger partial charge in [-0.3, -0.25) is 4.79 Å². The molecule has 3 aromatic rings. The molecule has 0 spiro atoms. The van der Waals surface area contributed by atoms with Crippen molar-refractivity contribution in [2.75, 3.05) is 5.32 Å². The number of rotatable bonds is 4. The molecule has 0 unspecified atom stereocenters. The summed E-state index contributed by atoms with van der Waals surface area (Å²) in [5, 5.41) is 12.2. The molecule has 0 atom stereocenters. The van der Waals surface area contributed by atoms with Crippen LogP contribution in [0.4, 0.5) is 5.69 Å². The molecule has 1 aliphatic rings. The number of hydrogen-bond donors (Lipinski definition) is 1. The molecular weight excluding hydrogens is 372 g/mol. The van der Waals surface area contributed by atoms with E-state index in [2.05, 4.69) is 20.1 Å². The quantitative estimate of drug-likeness (QED) is 0.637. The highest BCUT2D eigenvalue weighted by Crippen LogP contribution is 2.24. The Labute approximate surface area is 169 Å². The number of carbonyl (C=O) groups excluding carboxylic acids is 1. The molecule has 0 fully saturated rings. The van der Waals surface area contributed by atoms with E-state index in [-0.39, 0.29) is 5.91 Å². The van der Waals surface area contributed by atoms with Crippen molar-refractivity contribution in [2.24, 2.45) is 0 Å². The third-order valence-corrected chi connectivity index (χ3v) is 5.03. The smallest absolute Gasteiger partial charge is 0.248 e. The van der Waals surface area contributed by atoms with Crippen molar-refractivity contribution in [3.05, 3.63) is 71.0 Å². The summed E-state index contributed by atoms with van der Waals surface area (Å²) in [5.41, 5.74) is 2.62. The van der Waals surface area contributed by atoms with Crippen LogP contribution < -0.4 is 5.32 Å². The Morgan fingerprint density at radius 3 is 2.75 bits per heavy atom. The predicted molar refractivity (Wildman–Crippen MR) is 112 cm³/mol. The van der Waals surface area contributed by atoms with Crippen molar-refractivity contribution in [2.45, 2.75) is 32.2 Å². The van der Waals surface area contributed by atoms with Crippen molar-refractivity contribution in [1.82, 2.24) is 14.8 Å². The number of aryl methyl sites for hydroxylation is 1. The molecule has 1 amide bonds. The van der Waals surface area contributed by atoms with E-state index in [0.29, 0.717) is 5.02 Å². The molecule has 4 rings (SSSR count). The van der Waals surface area contributed by atoms with Crippen LogP contribution in [0.25, 0.3) is 17.5 Å². The molecule has 0 bridgehead atoms. The number of amides is 1. The lowest BCUT2D eigenvalue weighted by Gasteiger charge is -2.08. The highest BCUT2D eigenvalue weighted by molar-refractivity contribution is 6.30. The van der Waals surface area contributed by atoms with Crippen LogP contribution in [-0.2, 0) is 17.8 Å². The highest BCUT2D eigenvalue weighted by atomic mass is 35.5. The monoisotopic (exact) mass is 392 g/mol. The molecule has 1 N–H and O–H groups in total. The fourth-order valence-electron chi connectivity index (χ4n) is 3.37. The summed E-state index contributed by atoms with van der Waals surface area (Å²) in [4.78, 5) is 12.2. The normalized spacial score (nSPS) is 13.9. The first-order chi connectivity index (χ1) is 13.7.